The third-order valence-electron chi connectivity index (χ3n) is 3.46. The van der Waals surface area contributed by atoms with Crippen LogP contribution in [0, 0.1) is 5.82 Å². The lowest BCUT2D eigenvalue weighted by atomic mass is 10.1. The number of para-hydroxylation sites is 2. The highest BCUT2D eigenvalue weighted by Gasteiger charge is 2.13. The molecule has 0 aliphatic heterocycles. The van der Waals surface area contributed by atoms with Crippen LogP contribution in [0.15, 0.2) is 47.3 Å². The van der Waals surface area contributed by atoms with Gasteiger partial charge in [-0.15, -0.1) is 11.6 Å². The molecule has 2 aromatic carbocycles. The van der Waals surface area contributed by atoms with Gasteiger partial charge in [0.2, 0.25) is 0 Å². The SMILES string of the molecule is O=c1c2ccccc2n(CCCCl)c2c(F)cccc12. The van der Waals surface area contributed by atoms with Gasteiger partial charge in [0.1, 0.15) is 5.82 Å². The quantitative estimate of drug-likeness (QED) is 0.529. The fraction of sp³-hybridized carbons (Fsp3) is 0.188. The number of nitrogens with zero attached hydrogens (tertiary/aromatic N) is 1. The number of hydrogen-bond acceptors (Lipinski definition) is 1. The Kier molecular flexibility index (Phi) is 3.45. The maximum Gasteiger partial charge on any atom is 0.197 e. The van der Waals surface area contributed by atoms with E-state index in [0.29, 0.717) is 28.7 Å². The maximum absolute atomic E-state index is 14.2. The van der Waals surface area contributed by atoms with Gasteiger partial charge in [-0.05, 0) is 30.7 Å². The van der Waals surface area contributed by atoms with E-state index in [2.05, 4.69) is 0 Å². The summed E-state index contributed by atoms with van der Waals surface area (Å²) in [5, 5.41) is 1.03. The zero-order valence-electron chi connectivity index (χ0n) is 10.8. The van der Waals surface area contributed by atoms with E-state index in [1.165, 1.54) is 6.07 Å². The fourth-order valence-corrected chi connectivity index (χ4v) is 2.71. The molecular weight excluding hydrogens is 277 g/mol. The van der Waals surface area contributed by atoms with E-state index in [1.54, 1.807) is 18.2 Å². The lowest BCUT2D eigenvalue weighted by molar-refractivity contribution is 0.621. The molecule has 0 N–H and O–H groups in total. The minimum absolute atomic E-state index is 0.128. The average Bonchev–Trinajstić information content (AvgIpc) is 2.48. The van der Waals surface area contributed by atoms with Crippen molar-refractivity contribution in [1.29, 1.82) is 0 Å². The first-order valence-corrected chi connectivity index (χ1v) is 7.03. The highest BCUT2D eigenvalue weighted by Crippen LogP contribution is 2.22. The molecule has 0 fully saturated rings. The molecule has 20 heavy (non-hydrogen) atoms. The van der Waals surface area contributed by atoms with Gasteiger partial charge < -0.3 is 4.57 Å². The number of alkyl halides is 1. The number of aryl methyl sites for hydroxylation is 1. The molecule has 0 radical (unpaired) electrons. The van der Waals surface area contributed by atoms with Crippen LogP contribution in [0.2, 0.25) is 0 Å². The van der Waals surface area contributed by atoms with Crippen LogP contribution in [-0.2, 0) is 6.54 Å². The molecule has 0 aliphatic rings. The molecule has 102 valence electrons. The highest BCUT2D eigenvalue weighted by atomic mass is 35.5. The van der Waals surface area contributed by atoms with Crippen molar-refractivity contribution >= 4 is 33.4 Å². The molecule has 0 saturated heterocycles. The molecule has 0 spiro atoms. The van der Waals surface area contributed by atoms with Crippen LogP contribution >= 0.6 is 11.6 Å². The van der Waals surface area contributed by atoms with E-state index in [1.807, 2.05) is 22.8 Å². The first-order valence-electron chi connectivity index (χ1n) is 6.50. The monoisotopic (exact) mass is 289 g/mol. The second kappa shape index (κ2) is 5.25. The van der Waals surface area contributed by atoms with Gasteiger partial charge in [0.25, 0.3) is 0 Å². The number of benzene rings is 2. The Labute approximate surface area is 120 Å². The minimum atomic E-state index is -0.375. The van der Waals surface area contributed by atoms with Crippen molar-refractivity contribution in [2.75, 3.05) is 5.88 Å². The predicted octanol–water partition coefficient (Wildman–Crippen LogP) is 3.92. The summed E-state index contributed by atoms with van der Waals surface area (Å²) in [6, 6.07) is 11.9. The summed E-state index contributed by atoms with van der Waals surface area (Å²) >= 11 is 5.76. The summed E-state index contributed by atoms with van der Waals surface area (Å²) in [7, 11) is 0. The topological polar surface area (TPSA) is 22.0 Å². The number of pyridine rings is 1. The van der Waals surface area contributed by atoms with Crippen LogP contribution in [-0.4, -0.2) is 10.4 Å². The molecule has 0 unspecified atom stereocenters. The second-order valence-electron chi connectivity index (χ2n) is 4.68. The van der Waals surface area contributed by atoms with Crippen LogP contribution in [0.4, 0.5) is 4.39 Å². The second-order valence-corrected chi connectivity index (χ2v) is 5.05. The Hall–Kier alpha value is -1.87. The number of hydrogen-bond donors (Lipinski definition) is 0. The first kappa shape index (κ1) is 13.1. The zero-order valence-corrected chi connectivity index (χ0v) is 11.5. The molecule has 1 aromatic heterocycles. The van der Waals surface area contributed by atoms with Crippen molar-refractivity contribution < 1.29 is 4.39 Å². The molecule has 4 heteroatoms. The van der Waals surface area contributed by atoms with E-state index in [4.69, 9.17) is 11.6 Å². The summed E-state index contributed by atoms with van der Waals surface area (Å²) in [4.78, 5) is 12.5. The van der Waals surface area contributed by atoms with Gasteiger partial charge in [-0.1, -0.05) is 18.2 Å². The molecule has 2 nitrogen and oxygen atoms in total. The van der Waals surface area contributed by atoms with Gasteiger partial charge in [-0.25, -0.2) is 4.39 Å². The Morgan fingerprint density at radius 2 is 1.80 bits per heavy atom. The largest absolute Gasteiger partial charge is 0.338 e. The fourth-order valence-electron chi connectivity index (χ4n) is 2.59. The Morgan fingerprint density at radius 1 is 1.05 bits per heavy atom. The Bertz CT molecular complexity index is 841. The van der Waals surface area contributed by atoms with Crippen molar-refractivity contribution in [3.63, 3.8) is 0 Å². The zero-order chi connectivity index (χ0) is 14.1. The lowest BCUT2D eigenvalue weighted by Crippen LogP contribution is -2.13. The van der Waals surface area contributed by atoms with Gasteiger partial charge in [0.05, 0.1) is 11.0 Å². The number of rotatable bonds is 3. The summed E-state index contributed by atoms with van der Waals surface area (Å²) < 4.78 is 16.0. The smallest absolute Gasteiger partial charge is 0.197 e. The molecular formula is C16H13ClFNO. The van der Waals surface area contributed by atoms with E-state index in [-0.39, 0.29) is 11.2 Å². The van der Waals surface area contributed by atoms with Crippen molar-refractivity contribution in [2.45, 2.75) is 13.0 Å². The Balaban J connectivity index is 2.51. The minimum Gasteiger partial charge on any atom is -0.338 e. The van der Waals surface area contributed by atoms with Gasteiger partial charge >= 0.3 is 0 Å². The van der Waals surface area contributed by atoms with Crippen LogP contribution in [0.25, 0.3) is 21.8 Å². The maximum atomic E-state index is 14.2. The van der Waals surface area contributed by atoms with Crippen LogP contribution in [0.5, 0.6) is 0 Å². The highest BCUT2D eigenvalue weighted by molar-refractivity contribution is 6.17. The van der Waals surface area contributed by atoms with Gasteiger partial charge in [0, 0.05) is 23.2 Å². The molecule has 1 heterocycles. The summed E-state index contributed by atoms with van der Waals surface area (Å²) in [6.07, 6.45) is 0.720. The molecule has 0 saturated carbocycles. The number of fused-ring (bicyclic) bond motifs is 2. The lowest BCUT2D eigenvalue weighted by Gasteiger charge is -2.15. The first-order chi connectivity index (χ1) is 9.74. The van der Waals surface area contributed by atoms with Gasteiger partial charge in [0.15, 0.2) is 5.43 Å². The molecule has 0 aliphatic carbocycles. The van der Waals surface area contributed by atoms with Crippen LogP contribution < -0.4 is 5.43 Å². The van der Waals surface area contributed by atoms with E-state index >= 15 is 0 Å². The van der Waals surface area contributed by atoms with Crippen LogP contribution in [0.1, 0.15) is 6.42 Å². The van der Waals surface area contributed by atoms with Crippen molar-refractivity contribution in [2.24, 2.45) is 0 Å². The Morgan fingerprint density at radius 3 is 2.60 bits per heavy atom. The molecule has 3 rings (SSSR count). The average molecular weight is 290 g/mol. The van der Waals surface area contributed by atoms with E-state index in [9.17, 15) is 9.18 Å². The van der Waals surface area contributed by atoms with E-state index in [0.717, 1.165) is 11.9 Å². The van der Waals surface area contributed by atoms with Gasteiger partial charge in [-0.3, -0.25) is 4.79 Å². The molecule has 0 amide bonds. The third kappa shape index (κ3) is 1.98. The standard InChI is InChI=1S/C16H13ClFNO/c17-9-4-10-19-14-8-2-1-5-11(14)16(20)12-6-3-7-13(18)15(12)19/h1-3,5-8H,4,9-10H2. The summed E-state index contributed by atoms with van der Waals surface area (Å²) in [5.74, 6) is 0.121. The van der Waals surface area contributed by atoms with Crippen molar-refractivity contribution in [3.05, 3.63) is 58.5 Å². The van der Waals surface area contributed by atoms with Crippen molar-refractivity contribution in [1.82, 2.24) is 4.57 Å². The number of aromatic nitrogens is 1. The molecule has 0 bridgehead atoms. The van der Waals surface area contributed by atoms with Crippen LogP contribution in [0.3, 0.4) is 0 Å². The summed E-state index contributed by atoms with van der Waals surface area (Å²) in [6.45, 7) is 0.585. The third-order valence-corrected chi connectivity index (χ3v) is 3.72. The summed E-state index contributed by atoms with van der Waals surface area (Å²) in [5.41, 5.74) is 0.985. The normalized spacial score (nSPS) is 11.3. The predicted molar refractivity (Wildman–Crippen MR) is 81.0 cm³/mol. The number of halogens is 2. The molecule has 0 atom stereocenters. The van der Waals surface area contributed by atoms with Gasteiger partial charge in [-0.2, -0.15) is 0 Å². The van der Waals surface area contributed by atoms with E-state index < -0.39 is 0 Å². The molecule has 3 aromatic rings. The van der Waals surface area contributed by atoms with Crippen molar-refractivity contribution in [3.8, 4) is 0 Å².